The number of hydrogen-bond acceptors (Lipinski definition) is 4. The molecule has 0 bridgehead atoms. The summed E-state index contributed by atoms with van der Waals surface area (Å²) in [6, 6.07) is 11.1. The summed E-state index contributed by atoms with van der Waals surface area (Å²) in [6.07, 6.45) is 1.04. The van der Waals surface area contributed by atoms with Crippen molar-refractivity contribution < 1.29 is 22.8 Å². The highest BCUT2D eigenvalue weighted by molar-refractivity contribution is 6.04. The predicted octanol–water partition coefficient (Wildman–Crippen LogP) is 5.00. The van der Waals surface area contributed by atoms with Crippen molar-refractivity contribution in [2.45, 2.75) is 56.8 Å². The Kier molecular flexibility index (Phi) is 7.51. The molecule has 0 atom stereocenters. The number of likely N-dealkylation sites (N-methyl/N-ethyl adjacent to an activating group) is 1. The molecule has 2 amide bonds. The van der Waals surface area contributed by atoms with Crippen LogP contribution in [0.2, 0.25) is 0 Å². The second-order valence-electron chi connectivity index (χ2n) is 11.1. The smallest absolute Gasteiger partial charge is 0.347 e. The number of hydrogen-bond donors (Lipinski definition) is 2. The van der Waals surface area contributed by atoms with Crippen LogP contribution < -0.4 is 10.6 Å². The van der Waals surface area contributed by atoms with Gasteiger partial charge in [-0.05, 0) is 80.5 Å². The van der Waals surface area contributed by atoms with Crippen molar-refractivity contribution >= 4 is 17.5 Å². The highest BCUT2D eigenvalue weighted by atomic mass is 19.4. The van der Waals surface area contributed by atoms with Gasteiger partial charge in [-0.3, -0.25) is 14.5 Å². The molecule has 1 saturated heterocycles. The van der Waals surface area contributed by atoms with E-state index in [1.807, 2.05) is 24.1 Å². The lowest BCUT2D eigenvalue weighted by Crippen LogP contribution is -2.50. The fraction of sp³-hybridized carbons (Fsp3) is 0.517. The van der Waals surface area contributed by atoms with Crippen molar-refractivity contribution in [1.82, 2.24) is 15.1 Å². The van der Waals surface area contributed by atoms with E-state index in [2.05, 4.69) is 15.5 Å². The van der Waals surface area contributed by atoms with Crippen molar-refractivity contribution in [3.63, 3.8) is 0 Å². The molecule has 2 N–H and O–H groups in total. The van der Waals surface area contributed by atoms with Crippen molar-refractivity contribution in [2.75, 3.05) is 38.5 Å². The van der Waals surface area contributed by atoms with Gasteiger partial charge in [0.2, 0.25) is 5.91 Å². The first-order valence-electron chi connectivity index (χ1n) is 13.5. The first kappa shape index (κ1) is 26.7. The van der Waals surface area contributed by atoms with E-state index in [0.29, 0.717) is 31.1 Å². The standard InChI is InChI=1S/C29H35F3N4O2/c1-35-13-15-36(16-14-35)19-22-6-5-21(18-25(22)29(30,31)32)27(38)33-24-9-7-23(8-10-24)28(11-2-12-28)34-26(37)17-20-3-4-20/h5-10,18,20H,2-4,11-17,19H2,1H3,(H,33,38)(H,34,37). The number of alkyl halides is 3. The topological polar surface area (TPSA) is 64.7 Å². The van der Waals surface area contributed by atoms with Gasteiger partial charge >= 0.3 is 6.18 Å². The van der Waals surface area contributed by atoms with Crippen LogP contribution in [0.15, 0.2) is 42.5 Å². The number of benzene rings is 2. The van der Waals surface area contributed by atoms with Gasteiger partial charge in [0, 0.05) is 50.4 Å². The molecular weight excluding hydrogens is 493 g/mol. The molecule has 2 aromatic carbocycles. The van der Waals surface area contributed by atoms with Crippen LogP contribution in [0.4, 0.5) is 18.9 Å². The Morgan fingerprint density at radius 2 is 1.68 bits per heavy atom. The van der Waals surface area contributed by atoms with Gasteiger partial charge < -0.3 is 15.5 Å². The zero-order valence-electron chi connectivity index (χ0n) is 21.7. The molecule has 3 fully saturated rings. The number of anilines is 1. The molecule has 5 rings (SSSR count). The molecule has 38 heavy (non-hydrogen) atoms. The van der Waals surface area contributed by atoms with E-state index in [9.17, 15) is 22.8 Å². The third-order valence-corrected chi connectivity index (χ3v) is 8.12. The van der Waals surface area contributed by atoms with E-state index < -0.39 is 17.6 Å². The van der Waals surface area contributed by atoms with Crippen molar-refractivity contribution in [3.05, 3.63) is 64.7 Å². The van der Waals surface area contributed by atoms with Crippen LogP contribution in [0.5, 0.6) is 0 Å². The monoisotopic (exact) mass is 528 g/mol. The molecule has 2 saturated carbocycles. The largest absolute Gasteiger partial charge is 0.416 e. The second-order valence-corrected chi connectivity index (χ2v) is 11.1. The van der Waals surface area contributed by atoms with E-state index in [1.165, 1.54) is 12.1 Å². The van der Waals surface area contributed by atoms with Gasteiger partial charge in [-0.15, -0.1) is 0 Å². The maximum Gasteiger partial charge on any atom is 0.416 e. The highest BCUT2D eigenvalue weighted by Crippen LogP contribution is 2.42. The molecule has 0 radical (unpaired) electrons. The lowest BCUT2D eigenvalue weighted by Gasteiger charge is -2.43. The summed E-state index contributed by atoms with van der Waals surface area (Å²) in [4.78, 5) is 29.5. The van der Waals surface area contributed by atoms with E-state index in [-0.39, 0.29) is 29.1 Å². The van der Waals surface area contributed by atoms with E-state index in [0.717, 1.165) is 56.8 Å². The Morgan fingerprint density at radius 3 is 2.26 bits per heavy atom. The average Bonchev–Trinajstić information content (AvgIpc) is 3.67. The van der Waals surface area contributed by atoms with Gasteiger partial charge in [0.1, 0.15) is 0 Å². The molecule has 3 aliphatic rings. The number of halogens is 3. The molecular formula is C29H35F3N4O2. The quantitative estimate of drug-likeness (QED) is 0.506. The summed E-state index contributed by atoms with van der Waals surface area (Å²) in [5.74, 6) is 0.00929. The third-order valence-electron chi connectivity index (χ3n) is 8.12. The second kappa shape index (κ2) is 10.7. The van der Waals surface area contributed by atoms with Crippen molar-refractivity contribution in [3.8, 4) is 0 Å². The molecule has 1 aliphatic heterocycles. The summed E-state index contributed by atoms with van der Waals surface area (Å²) >= 11 is 0. The van der Waals surface area contributed by atoms with Crippen molar-refractivity contribution in [2.24, 2.45) is 5.92 Å². The fourth-order valence-corrected chi connectivity index (χ4v) is 5.36. The van der Waals surface area contributed by atoms with Gasteiger partial charge in [0.25, 0.3) is 5.91 Å². The van der Waals surface area contributed by atoms with Crippen LogP contribution in [0.1, 0.15) is 65.6 Å². The molecule has 1 heterocycles. The SMILES string of the molecule is CN1CCN(Cc2ccc(C(=O)Nc3ccc(C4(NC(=O)CC5CC5)CCC4)cc3)cc2C(F)(F)F)CC1. The molecule has 0 unspecified atom stereocenters. The Balaban J connectivity index is 1.25. The summed E-state index contributed by atoms with van der Waals surface area (Å²) in [6.45, 7) is 3.24. The summed E-state index contributed by atoms with van der Waals surface area (Å²) in [5, 5.41) is 5.94. The Labute approximate surface area is 221 Å². The van der Waals surface area contributed by atoms with Gasteiger partial charge in [-0.25, -0.2) is 0 Å². The van der Waals surface area contributed by atoms with Gasteiger partial charge in [0.15, 0.2) is 0 Å². The van der Waals surface area contributed by atoms with Crippen molar-refractivity contribution in [1.29, 1.82) is 0 Å². The number of nitrogens with one attached hydrogen (secondary N) is 2. The van der Waals surface area contributed by atoms with Crippen LogP contribution in [0.3, 0.4) is 0 Å². The molecule has 0 aromatic heterocycles. The summed E-state index contributed by atoms with van der Waals surface area (Å²) < 4.78 is 41.7. The minimum atomic E-state index is -4.55. The van der Waals surface area contributed by atoms with Crippen LogP contribution in [0.25, 0.3) is 0 Å². The third kappa shape index (κ3) is 6.21. The maximum atomic E-state index is 13.9. The summed E-state index contributed by atoms with van der Waals surface area (Å²) in [5.41, 5.74) is 0.485. The zero-order chi connectivity index (χ0) is 26.9. The van der Waals surface area contributed by atoms with Crippen LogP contribution in [-0.4, -0.2) is 54.8 Å². The Morgan fingerprint density at radius 1 is 1.00 bits per heavy atom. The molecule has 204 valence electrons. The average molecular weight is 529 g/mol. The molecule has 9 heteroatoms. The Bertz CT molecular complexity index is 1170. The number of amides is 2. The van der Waals surface area contributed by atoms with E-state index in [1.54, 1.807) is 12.1 Å². The zero-order valence-corrected chi connectivity index (χ0v) is 21.7. The molecule has 6 nitrogen and oxygen atoms in total. The molecule has 2 aliphatic carbocycles. The number of rotatable bonds is 8. The number of piperazine rings is 1. The summed E-state index contributed by atoms with van der Waals surface area (Å²) in [7, 11) is 2.00. The minimum Gasteiger partial charge on any atom is -0.347 e. The Hall–Kier alpha value is -2.91. The molecule has 2 aromatic rings. The van der Waals surface area contributed by atoms with E-state index >= 15 is 0 Å². The van der Waals surface area contributed by atoms with Gasteiger partial charge in [-0.1, -0.05) is 18.2 Å². The minimum absolute atomic E-state index is 0.0358. The number of carbonyl (C=O) groups excluding carboxylic acids is 2. The number of carbonyl (C=O) groups is 2. The van der Waals surface area contributed by atoms with Crippen LogP contribution >= 0.6 is 0 Å². The molecule has 0 spiro atoms. The van der Waals surface area contributed by atoms with Crippen LogP contribution in [-0.2, 0) is 23.1 Å². The first-order chi connectivity index (χ1) is 18.1. The first-order valence-corrected chi connectivity index (χ1v) is 13.5. The predicted molar refractivity (Wildman–Crippen MR) is 140 cm³/mol. The normalized spacial score (nSPS) is 20.0. The van der Waals surface area contributed by atoms with Gasteiger partial charge in [0.05, 0.1) is 11.1 Å². The van der Waals surface area contributed by atoms with Crippen LogP contribution in [0, 0.1) is 5.92 Å². The van der Waals surface area contributed by atoms with Gasteiger partial charge in [-0.2, -0.15) is 13.2 Å². The number of nitrogens with zero attached hydrogens (tertiary/aromatic N) is 2. The fourth-order valence-electron chi connectivity index (χ4n) is 5.36. The lowest BCUT2D eigenvalue weighted by atomic mass is 9.71. The lowest BCUT2D eigenvalue weighted by molar-refractivity contribution is -0.138. The highest BCUT2D eigenvalue weighted by Gasteiger charge is 2.41. The van der Waals surface area contributed by atoms with E-state index in [4.69, 9.17) is 0 Å². The maximum absolute atomic E-state index is 13.9.